The number of nitrogens with one attached hydrogen (secondary N) is 1. The standard InChI is InChI=1S/C22H20FN3O2/c23-17-7-9-19(10-8-17)28-20-5-3-4-16(14-20)22(27)25-18-11-13-26(15-18)21-6-1-2-12-24-21/h1-10,12,14,18H,11,13,15H2,(H,25,27)/t18-/m1/s1. The lowest BCUT2D eigenvalue weighted by Crippen LogP contribution is -2.37. The van der Waals surface area contributed by atoms with Crippen LogP contribution in [-0.4, -0.2) is 30.0 Å². The van der Waals surface area contributed by atoms with Gasteiger partial charge in [0, 0.05) is 30.9 Å². The molecule has 0 radical (unpaired) electrons. The Morgan fingerprint density at radius 1 is 1.07 bits per heavy atom. The number of aromatic nitrogens is 1. The van der Waals surface area contributed by atoms with E-state index in [0.29, 0.717) is 17.1 Å². The Bertz CT molecular complexity index is 948. The minimum absolute atomic E-state index is 0.0659. The summed E-state index contributed by atoms with van der Waals surface area (Å²) in [5.41, 5.74) is 0.524. The minimum Gasteiger partial charge on any atom is -0.457 e. The summed E-state index contributed by atoms with van der Waals surface area (Å²) in [5.74, 6) is 1.50. The molecule has 0 bridgehead atoms. The zero-order chi connectivity index (χ0) is 19.3. The Morgan fingerprint density at radius 2 is 1.93 bits per heavy atom. The molecule has 0 aliphatic carbocycles. The fourth-order valence-corrected chi connectivity index (χ4v) is 3.24. The maximum atomic E-state index is 13.0. The van der Waals surface area contributed by atoms with Crippen molar-refractivity contribution in [3.05, 3.63) is 84.3 Å². The number of halogens is 1. The van der Waals surface area contributed by atoms with Crippen LogP contribution in [0.2, 0.25) is 0 Å². The number of carbonyl (C=O) groups is 1. The van der Waals surface area contributed by atoms with Crippen molar-refractivity contribution < 1.29 is 13.9 Å². The summed E-state index contributed by atoms with van der Waals surface area (Å²) in [6.07, 6.45) is 2.64. The van der Waals surface area contributed by atoms with Crippen LogP contribution in [0.1, 0.15) is 16.8 Å². The van der Waals surface area contributed by atoms with Crippen LogP contribution in [0.5, 0.6) is 11.5 Å². The fourth-order valence-electron chi connectivity index (χ4n) is 3.24. The number of anilines is 1. The van der Waals surface area contributed by atoms with Crippen LogP contribution in [0.3, 0.4) is 0 Å². The molecule has 1 N–H and O–H groups in total. The van der Waals surface area contributed by atoms with Gasteiger partial charge < -0.3 is 15.0 Å². The van der Waals surface area contributed by atoms with E-state index < -0.39 is 0 Å². The van der Waals surface area contributed by atoms with Crippen molar-refractivity contribution in [3.63, 3.8) is 0 Å². The van der Waals surface area contributed by atoms with Crippen LogP contribution < -0.4 is 15.0 Å². The Kier molecular flexibility index (Phi) is 5.19. The van der Waals surface area contributed by atoms with Crippen molar-refractivity contribution in [1.82, 2.24) is 10.3 Å². The molecule has 2 heterocycles. The predicted octanol–water partition coefficient (Wildman–Crippen LogP) is 4.02. The third kappa shape index (κ3) is 4.28. The molecule has 6 heteroatoms. The first-order chi connectivity index (χ1) is 13.7. The topological polar surface area (TPSA) is 54.5 Å². The molecule has 0 saturated carbocycles. The average Bonchev–Trinajstić information content (AvgIpc) is 3.19. The Morgan fingerprint density at radius 3 is 2.71 bits per heavy atom. The Hall–Kier alpha value is -3.41. The molecule has 0 spiro atoms. The molecule has 1 aliphatic rings. The van der Waals surface area contributed by atoms with Gasteiger partial charge in [0.2, 0.25) is 0 Å². The smallest absolute Gasteiger partial charge is 0.251 e. The van der Waals surface area contributed by atoms with Gasteiger partial charge in [-0.2, -0.15) is 0 Å². The van der Waals surface area contributed by atoms with Crippen molar-refractivity contribution in [1.29, 1.82) is 0 Å². The van der Waals surface area contributed by atoms with Crippen molar-refractivity contribution in [2.24, 2.45) is 0 Å². The van der Waals surface area contributed by atoms with Gasteiger partial charge in [0.05, 0.1) is 0 Å². The quantitative estimate of drug-likeness (QED) is 0.730. The molecular weight excluding hydrogens is 357 g/mol. The highest BCUT2D eigenvalue weighted by atomic mass is 19.1. The van der Waals surface area contributed by atoms with Gasteiger partial charge in [-0.15, -0.1) is 0 Å². The normalized spacial score (nSPS) is 16.0. The molecule has 1 atom stereocenters. The molecule has 1 aliphatic heterocycles. The van der Waals surface area contributed by atoms with Gasteiger partial charge in [-0.05, 0) is 61.0 Å². The van der Waals surface area contributed by atoms with E-state index >= 15 is 0 Å². The van der Waals surface area contributed by atoms with E-state index in [1.54, 1.807) is 42.6 Å². The van der Waals surface area contributed by atoms with E-state index in [1.165, 1.54) is 12.1 Å². The molecular formula is C22H20FN3O2. The lowest BCUT2D eigenvalue weighted by molar-refractivity contribution is 0.0940. The number of carbonyl (C=O) groups excluding carboxylic acids is 1. The number of benzene rings is 2. The minimum atomic E-state index is -0.322. The third-order valence-corrected chi connectivity index (χ3v) is 4.64. The van der Waals surface area contributed by atoms with Gasteiger partial charge >= 0.3 is 0 Å². The van der Waals surface area contributed by atoms with Crippen molar-refractivity contribution in [2.45, 2.75) is 12.5 Å². The summed E-state index contributed by atoms with van der Waals surface area (Å²) in [6.45, 7) is 1.59. The monoisotopic (exact) mass is 377 g/mol. The molecule has 1 fully saturated rings. The number of rotatable bonds is 5. The van der Waals surface area contributed by atoms with Gasteiger partial charge in [-0.25, -0.2) is 9.37 Å². The highest BCUT2D eigenvalue weighted by Gasteiger charge is 2.25. The number of amides is 1. The second kappa shape index (κ2) is 8.08. The second-order valence-corrected chi connectivity index (χ2v) is 6.68. The van der Waals surface area contributed by atoms with Crippen LogP contribution in [0.4, 0.5) is 10.2 Å². The number of nitrogens with zero attached hydrogens (tertiary/aromatic N) is 2. The highest BCUT2D eigenvalue weighted by molar-refractivity contribution is 5.94. The number of hydrogen-bond acceptors (Lipinski definition) is 4. The van der Waals surface area contributed by atoms with Crippen LogP contribution in [0.25, 0.3) is 0 Å². The summed E-state index contributed by atoms with van der Waals surface area (Å²) in [6, 6.07) is 18.6. The van der Waals surface area contributed by atoms with E-state index in [-0.39, 0.29) is 17.8 Å². The second-order valence-electron chi connectivity index (χ2n) is 6.68. The number of pyridine rings is 1. The van der Waals surface area contributed by atoms with Crippen LogP contribution in [0, 0.1) is 5.82 Å². The average molecular weight is 377 g/mol. The Labute approximate surface area is 162 Å². The zero-order valence-corrected chi connectivity index (χ0v) is 15.2. The van der Waals surface area contributed by atoms with Crippen LogP contribution in [0.15, 0.2) is 72.9 Å². The third-order valence-electron chi connectivity index (χ3n) is 4.64. The van der Waals surface area contributed by atoms with E-state index in [2.05, 4.69) is 15.2 Å². The molecule has 1 aromatic heterocycles. The number of hydrogen-bond donors (Lipinski definition) is 1. The summed E-state index contributed by atoms with van der Waals surface area (Å²) in [5, 5.41) is 3.08. The van der Waals surface area contributed by atoms with E-state index in [4.69, 9.17) is 4.74 Å². The molecule has 1 saturated heterocycles. The summed E-state index contributed by atoms with van der Waals surface area (Å²) in [4.78, 5) is 19.2. The molecule has 2 aromatic carbocycles. The summed E-state index contributed by atoms with van der Waals surface area (Å²) < 4.78 is 18.7. The zero-order valence-electron chi connectivity index (χ0n) is 15.2. The van der Waals surface area contributed by atoms with Gasteiger partial charge in [-0.3, -0.25) is 4.79 Å². The first-order valence-electron chi connectivity index (χ1n) is 9.18. The largest absolute Gasteiger partial charge is 0.457 e. The molecule has 4 rings (SSSR count). The molecule has 142 valence electrons. The van der Waals surface area contributed by atoms with Gasteiger partial charge in [0.25, 0.3) is 5.91 Å². The maximum Gasteiger partial charge on any atom is 0.251 e. The van der Waals surface area contributed by atoms with Gasteiger partial charge in [0.15, 0.2) is 0 Å². The van der Waals surface area contributed by atoms with Crippen molar-refractivity contribution in [3.8, 4) is 11.5 Å². The molecule has 5 nitrogen and oxygen atoms in total. The highest BCUT2D eigenvalue weighted by Crippen LogP contribution is 2.23. The SMILES string of the molecule is O=C(N[C@@H]1CCN(c2ccccn2)C1)c1cccc(Oc2ccc(F)cc2)c1. The lowest BCUT2D eigenvalue weighted by Gasteiger charge is -2.17. The fraction of sp³-hybridized carbons (Fsp3) is 0.182. The summed E-state index contributed by atoms with van der Waals surface area (Å²) in [7, 11) is 0. The van der Waals surface area contributed by atoms with Crippen molar-refractivity contribution >= 4 is 11.7 Å². The van der Waals surface area contributed by atoms with Crippen LogP contribution in [-0.2, 0) is 0 Å². The van der Waals surface area contributed by atoms with E-state index in [0.717, 1.165) is 25.3 Å². The van der Waals surface area contributed by atoms with Crippen molar-refractivity contribution in [2.75, 3.05) is 18.0 Å². The van der Waals surface area contributed by atoms with E-state index in [1.807, 2.05) is 18.2 Å². The Balaban J connectivity index is 1.38. The van der Waals surface area contributed by atoms with E-state index in [9.17, 15) is 9.18 Å². The number of ether oxygens (including phenoxy) is 1. The molecule has 3 aromatic rings. The lowest BCUT2D eigenvalue weighted by atomic mass is 10.1. The van der Waals surface area contributed by atoms with Gasteiger partial charge in [-0.1, -0.05) is 12.1 Å². The first-order valence-corrected chi connectivity index (χ1v) is 9.18. The molecule has 0 unspecified atom stereocenters. The first kappa shape index (κ1) is 18.0. The summed E-state index contributed by atoms with van der Waals surface area (Å²) >= 11 is 0. The van der Waals surface area contributed by atoms with Gasteiger partial charge in [0.1, 0.15) is 23.1 Å². The maximum absolute atomic E-state index is 13.0. The molecule has 28 heavy (non-hydrogen) atoms. The van der Waals surface area contributed by atoms with Crippen LogP contribution >= 0.6 is 0 Å². The predicted molar refractivity (Wildman–Crippen MR) is 105 cm³/mol. The molecule has 1 amide bonds.